The van der Waals surface area contributed by atoms with Crippen molar-refractivity contribution in [3.63, 3.8) is 0 Å². The molecule has 0 aromatic rings. The van der Waals surface area contributed by atoms with E-state index in [4.69, 9.17) is 27.9 Å². The minimum absolute atomic E-state index is 0.270. The highest BCUT2D eigenvalue weighted by Crippen LogP contribution is 2.18. The largest absolute Gasteiger partial charge is 0.373 e. The fourth-order valence-electron chi connectivity index (χ4n) is 0.406. The van der Waals surface area contributed by atoms with Crippen LogP contribution >= 0.6 is 23.2 Å². The molecule has 1 nitrogen and oxygen atoms in total. The van der Waals surface area contributed by atoms with E-state index in [9.17, 15) is 0 Å². The quantitative estimate of drug-likeness (QED) is 0.632. The van der Waals surface area contributed by atoms with E-state index in [1.165, 1.54) is 0 Å². The Kier molecular flexibility index (Phi) is 4.17. The maximum atomic E-state index is 5.93. The third-order valence-corrected chi connectivity index (χ3v) is 1.88. The molecule has 3 heteroatoms. The molecule has 0 rings (SSSR count). The van der Waals surface area contributed by atoms with Crippen LogP contribution in [-0.4, -0.2) is 23.0 Å². The summed E-state index contributed by atoms with van der Waals surface area (Å²) in [6, 6.07) is 0. The van der Waals surface area contributed by atoms with Gasteiger partial charge in [-0.3, -0.25) is 0 Å². The predicted octanol–water partition coefficient (Wildman–Crippen LogP) is 3.04. The van der Waals surface area contributed by atoms with E-state index < -0.39 is 0 Å². The SMILES string of the molecule is CC(C)(Cl)COC(C)(C)CCl. The standard InChI is InChI=1S/C8H16Cl2O/c1-7(2,10)6-11-8(3,4)5-9/h5-6H2,1-4H3. The second-order valence-electron chi connectivity index (χ2n) is 3.90. The van der Waals surface area contributed by atoms with Crippen LogP contribution in [0.25, 0.3) is 0 Å². The zero-order valence-electron chi connectivity index (χ0n) is 7.58. The highest BCUT2D eigenvalue weighted by molar-refractivity contribution is 6.23. The second kappa shape index (κ2) is 3.97. The van der Waals surface area contributed by atoms with Gasteiger partial charge in [-0.1, -0.05) is 0 Å². The Labute approximate surface area is 79.0 Å². The van der Waals surface area contributed by atoms with Gasteiger partial charge in [-0.2, -0.15) is 0 Å². The van der Waals surface area contributed by atoms with Crippen LogP contribution in [0.4, 0.5) is 0 Å². The lowest BCUT2D eigenvalue weighted by atomic mass is 10.1. The summed E-state index contributed by atoms with van der Waals surface area (Å²) >= 11 is 11.6. The summed E-state index contributed by atoms with van der Waals surface area (Å²) in [6.07, 6.45) is 0. The molecule has 68 valence electrons. The molecule has 11 heavy (non-hydrogen) atoms. The molecule has 0 radical (unpaired) electrons. The fourth-order valence-corrected chi connectivity index (χ4v) is 0.537. The Morgan fingerprint density at radius 3 is 1.91 bits per heavy atom. The number of alkyl halides is 2. The normalized spacial score (nSPS) is 13.6. The molecule has 0 N–H and O–H groups in total. The van der Waals surface area contributed by atoms with E-state index in [-0.39, 0.29) is 10.5 Å². The molecule has 0 unspecified atom stereocenters. The first-order valence-electron chi connectivity index (χ1n) is 3.66. The molecule has 0 saturated carbocycles. The van der Waals surface area contributed by atoms with E-state index in [2.05, 4.69) is 0 Å². The Hall–Kier alpha value is 0.540. The van der Waals surface area contributed by atoms with Crippen LogP contribution in [0.3, 0.4) is 0 Å². The molecule has 0 aromatic carbocycles. The van der Waals surface area contributed by atoms with Crippen molar-refractivity contribution >= 4 is 23.2 Å². The van der Waals surface area contributed by atoms with Gasteiger partial charge in [0.2, 0.25) is 0 Å². The first kappa shape index (κ1) is 11.5. The molecule has 0 fully saturated rings. The molecule has 0 aromatic heterocycles. The highest BCUT2D eigenvalue weighted by atomic mass is 35.5. The lowest BCUT2D eigenvalue weighted by molar-refractivity contribution is -0.00941. The highest BCUT2D eigenvalue weighted by Gasteiger charge is 2.21. The first-order valence-corrected chi connectivity index (χ1v) is 4.57. The lowest BCUT2D eigenvalue weighted by Crippen LogP contribution is -2.32. The molecule has 0 spiro atoms. The van der Waals surface area contributed by atoms with Gasteiger partial charge >= 0.3 is 0 Å². The molecule has 0 bridgehead atoms. The van der Waals surface area contributed by atoms with Gasteiger partial charge in [0.25, 0.3) is 0 Å². The van der Waals surface area contributed by atoms with Crippen molar-refractivity contribution in [1.82, 2.24) is 0 Å². The van der Waals surface area contributed by atoms with Crippen LogP contribution in [0.1, 0.15) is 27.7 Å². The van der Waals surface area contributed by atoms with Gasteiger partial charge in [0, 0.05) is 0 Å². The molecule has 0 amide bonds. The van der Waals surface area contributed by atoms with E-state index in [1.54, 1.807) is 0 Å². The number of ether oxygens (including phenoxy) is 1. The summed E-state index contributed by atoms with van der Waals surface area (Å²) in [5.41, 5.74) is -0.270. The van der Waals surface area contributed by atoms with Crippen LogP contribution in [0.2, 0.25) is 0 Å². The van der Waals surface area contributed by atoms with Gasteiger partial charge in [0.05, 0.1) is 23.0 Å². The topological polar surface area (TPSA) is 9.23 Å². The second-order valence-corrected chi connectivity index (χ2v) is 5.19. The van der Waals surface area contributed by atoms with Gasteiger partial charge < -0.3 is 4.74 Å². The third-order valence-electron chi connectivity index (χ3n) is 1.13. The maximum absolute atomic E-state index is 5.93. The average molecular weight is 199 g/mol. The lowest BCUT2D eigenvalue weighted by Gasteiger charge is -2.26. The van der Waals surface area contributed by atoms with Crippen molar-refractivity contribution in [3.8, 4) is 0 Å². The summed E-state index contributed by atoms with van der Waals surface area (Å²) in [6.45, 7) is 8.25. The Balaban J connectivity index is 3.70. The maximum Gasteiger partial charge on any atom is 0.0762 e. The first-order chi connectivity index (χ1) is 4.77. The van der Waals surface area contributed by atoms with Crippen molar-refractivity contribution in [2.75, 3.05) is 12.5 Å². The Bertz CT molecular complexity index is 116. The molecule has 0 aliphatic rings. The smallest absolute Gasteiger partial charge is 0.0762 e. The number of rotatable bonds is 4. The van der Waals surface area contributed by atoms with Crippen molar-refractivity contribution < 1.29 is 4.74 Å². The summed E-state index contributed by atoms with van der Waals surface area (Å²) in [4.78, 5) is -0.302. The van der Waals surface area contributed by atoms with Gasteiger partial charge in [0.15, 0.2) is 0 Å². The van der Waals surface area contributed by atoms with Crippen LogP contribution < -0.4 is 0 Å². The third kappa shape index (κ3) is 6.92. The zero-order valence-corrected chi connectivity index (χ0v) is 9.09. The van der Waals surface area contributed by atoms with Gasteiger partial charge in [-0.25, -0.2) is 0 Å². The molecule has 0 aliphatic carbocycles. The Morgan fingerprint density at radius 1 is 1.18 bits per heavy atom. The summed E-state index contributed by atoms with van der Waals surface area (Å²) in [5, 5.41) is 0. The number of hydrogen-bond donors (Lipinski definition) is 0. The van der Waals surface area contributed by atoms with Crippen molar-refractivity contribution in [2.45, 2.75) is 38.2 Å². The molecule has 0 saturated heterocycles. The molecule has 0 aliphatic heterocycles. The van der Waals surface area contributed by atoms with Gasteiger partial charge in [0.1, 0.15) is 0 Å². The average Bonchev–Trinajstić information content (AvgIpc) is 1.83. The van der Waals surface area contributed by atoms with E-state index in [1.807, 2.05) is 27.7 Å². The Morgan fingerprint density at radius 2 is 1.64 bits per heavy atom. The van der Waals surface area contributed by atoms with E-state index in [0.717, 1.165) is 0 Å². The fraction of sp³-hybridized carbons (Fsp3) is 1.00. The molecular weight excluding hydrogens is 183 g/mol. The van der Waals surface area contributed by atoms with Crippen molar-refractivity contribution in [3.05, 3.63) is 0 Å². The van der Waals surface area contributed by atoms with E-state index in [0.29, 0.717) is 12.5 Å². The monoisotopic (exact) mass is 198 g/mol. The summed E-state index contributed by atoms with van der Waals surface area (Å²) in [5.74, 6) is 0.486. The van der Waals surface area contributed by atoms with Crippen molar-refractivity contribution in [1.29, 1.82) is 0 Å². The predicted molar refractivity (Wildman–Crippen MR) is 50.7 cm³/mol. The van der Waals surface area contributed by atoms with Crippen LogP contribution in [-0.2, 0) is 4.74 Å². The summed E-state index contributed by atoms with van der Waals surface area (Å²) < 4.78 is 5.48. The van der Waals surface area contributed by atoms with Crippen LogP contribution in [0.15, 0.2) is 0 Å². The molecule has 0 atom stereocenters. The van der Waals surface area contributed by atoms with E-state index >= 15 is 0 Å². The van der Waals surface area contributed by atoms with Crippen LogP contribution in [0.5, 0.6) is 0 Å². The number of halogens is 2. The molecular formula is C8H16Cl2O. The minimum atomic E-state index is -0.302. The van der Waals surface area contributed by atoms with Gasteiger partial charge in [-0.05, 0) is 27.7 Å². The van der Waals surface area contributed by atoms with Gasteiger partial charge in [-0.15, -0.1) is 23.2 Å². The molecule has 0 heterocycles. The summed E-state index contributed by atoms with van der Waals surface area (Å²) in [7, 11) is 0. The van der Waals surface area contributed by atoms with Crippen molar-refractivity contribution in [2.24, 2.45) is 0 Å². The van der Waals surface area contributed by atoms with Crippen LogP contribution in [0, 0.1) is 0 Å². The number of hydrogen-bond acceptors (Lipinski definition) is 1. The zero-order chi connectivity index (χ0) is 9.12. The minimum Gasteiger partial charge on any atom is -0.373 e.